The zero-order valence-corrected chi connectivity index (χ0v) is 19.9. The molecule has 1 aromatic heterocycles. The fourth-order valence-electron chi connectivity index (χ4n) is 4.29. The van der Waals surface area contributed by atoms with Crippen LogP contribution in [0.15, 0.2) is 83.3 Å². The average molecular weight is 505 g/mol. The molecule has 188 valence electrons. The van der Waals surface area contributed by atoms with Gasteiger partial charge in [0.1, 0.15) is 11.5 Å². The first-order chi connectivity index (χ1) is 17.7. The van der Waals surface area contributed by atoms with Crippen LogP contribution in [0.2, 0.25) is 0 Å². The van der Waals surface area contributed by atoms with Gasteiger partial charge in [-0.05, 0) is 61.5 Å². The number of benzene rings is 3. The standard InChI is InChI=1S/C29H23F3N2O3/c1-18-5-7-20(8-6-18)28(36)34-14-13-25-22(17-34)16-26(37-25)21-3-2-4-24(15-21)33-27(35)19-9-11-23(12-10-19)29(30,31)32/h2-12,15-16H,13-14,17H2,1H3,(H,33,35). The summed E-state index contributed by atoms with van der Waals surface area (Å²) in [5.74, 6) is 0.888. The van der Waals surface area contributed by atoms with E-state index < -0.39 is 17.6 Å². The van der Waals surface area contributed by atoms with Crippen molar-refractivity contribution < 1.29 is 27.2 Å². The Morgan fingerprint density at radius 2 is 1.62 bits per heavy atom. The van der Waals surface area contributed by atoms with Crippen molar-refractivity contribution >= 4 is 17.5 Å². The van der Waals surface area contributed by atoms with Crippen molar-refractivity contribution in [2.24, 2.45) is 0 Å². The summed E-state index contributed by atoms with van der Waals surface area (Å²) in [4.78, 5) is 27.3. The van der Waals surface area contributed by atoms with Gasteiger partial charge in [-0.1, -0.05) is 29.8 Å². The number of halogens is 3. The first kappa shape index (κ1) is 24.4. The van der Waals surface area contributed by atoms with Gasteiger partial charge in [-0.15, -0.1) is 0 Å². The van der Waals surface area contributed by atoms with Crippen molar-refractivity contribution in [2.45, 2.75) is 26.1 Å². The van der Waals surface area contributed by atoms with Crippen molar-refractivity contribution in [2.75, 3.05) is 11.9 Å². The van der Waals surface area contributed by atoms with Gasteiger partial charge in [0.2, 0.25) is 0 Å². The normalized spacial score (nSPS) is 13.2. The van der Waals surface area contributed by atoms with Crippen molar-refractivity contribution in [1.82, 2.24) is 4.90 Å². The summed E-state index contributed by atoms with van der Waals surface area (Å²) in [6.07, 6.45) is -3.87. The molecule has 5 nitrogen and oxygen atoms in total. The SMILES string of the molecule is Cc1ccc(C(=O)N2CCc3oc(-c4cccc(NC(=O)c5ccc(C(F)(F)F)cc5)c4)cc3C2)cc1. The van der Waals surface area contributed by atoms with Crippen LogP contribution in [0.1, 0.15) is 43.2 Å². The number of carbonyl (C=O) groups excluding carboxylic acids is 2. The number of nitrogens with one attached hydrogen (secondary N) is 1. The maximum Gasteiger partial charge on any atom is 0.416 e. The lowest BCUT2D eigenvalue weighted by molar-refractivity contribution is -0.137. The van der Waals surface area contributed by atoms with E-state index in [9.17, 15) is 22.8 Å². The van der Waals surface area contributed by atoms with Gasteiger partial charge in [0.15, 0.2) is 0 Å². The van der Waals surface area contributed by atoms with Crippen molar-refractivity contribution in [1.29, 1.82) is 0 Å². The molecule has 0 saturated carbocycles. The molecule has 1 aliphatic heterocycles. The van der Waals surface area contributed by atoms with Gasteiger partial charge >= 0.3 is 6.18 Å². The van der Waals surface area contributed by atoms with Gasteiger partial charge in [0.25, 0.3) is 11.8 Å². The number of aryl methyl sites for hydroxylation is 1. The van der Waals surface area contributed by atoms with Crippen LogP contribution in [0.25, 0.3) is 11.3 Å². The summed E-state index contributed by atoms with van der Waals surface area (Å²) >= 11 is 0. The summed E-state index contributed by atoms with van der Waals surface area (Å²) in [5, 5.41) is 2.72. The molecule has 0 atom stereocenters. The van der Waals surface area contributed by atoms with E-state index in [0.717, 1.165) is 46.7 Å². The highest BCUT2D eigenvalue weighted by atomic mass is 19.4. The van der Waals surface area contributed by atoms with Gasteiger partial charge in [0, 0.05) is 47.5 Å². The number of hydrogen-bond donors (Lipinski definition) is 1. The summed E-state index contributed by atoms with van der Waals surface area (Å²) in [6, 6.07) is 20.5. The lowest BCUT2D eigenvalue weighted by Gasteiger charge is -2.26. The number of hydrogen-bond acceptors (Lipinski definition) is 3. The monoisotopic (exact) mass is 504 g/mol. The van der Waals surface area contributed by atoms with E-state index in [1.54, 1.807) is 23.1 Å². The Bertz CT molecular complexity index is 1460. The van der Waals surface area contributed by atoms with Gasteiger partial charge in [-0.3, -0.25) is 9.59 Å². The molecule has 37 heavy (non-hydrogen) atoms. The molecule has 4 aromatic rings. The molecule has 1 aliphatic rings. The van der Waals surface area contributed by atoms with E-state index in [1.807, 2.05) is 43.3 Å². The van der Waals surface area contributed by atoms with E-state index in [2.05, 4.69) is 5.32 Å². The van der Waals surface area contributed by atoms with Crippen LogP contribution in [-0.2, 0) is 19.1 Å². The highest BCUT2D eigenvalue weighted by molar-refractivity contribution is 6.04. The van der Waals surface area contributed by atoms with Crippen molar-refractivity contribution in [3.05, 3.63) is 112 Å². The summed E-state index contributed by atoms with van der Waals surface area (Å²) < 4.78 is 44.4. The summed E-state index contributed by atoms with van der Waals surface area (Å²) in [7, 11) is 0. The zero-order chi connectivity index (χ0) is 26.2. The second-order valence-electron chi connectivity index (χ2n) is 9.01. The molecule has 1 N–H and O–H groups in total. The Morgan fingerprint density at radius 1 is 0.919 bits per heavy atom. The Labute approximate surface area is 211 Å². The van der Waals surface area contributed by atoms with E-state index in [0.29, 0.717) is 36.5 Å². The molecule has 8 heteroatoms. The molecule has 0 radical (unpaired) electrons. The van der Waals surface area contributed by atoms with Crippen molar-refractivity contribution in [3.8, 4) is 11.3 Å². The number of carbonyl (C=O) groups is 2. The quantitative estimate of drug-likeness (QED) is 0.335. The van der Waals surface area contributed by atoms with E-state index >= 15 is 0 Å². The predicted octanol–water partition coefficient (Wildman–Crippen LogP) is 6.72. The predicted molar refractivity (Wildman–Crippen MR) is 133 cm³/mol. The molecule has 5 rings (SSSR count). The Balaban J connectivity index is 1.29. The minimum Gasteiger partial charge on any atom is -0.461 e. The first-order valence-electron chi connectivity index (χ1n) is 11.7. The fraction of sp³-hybridized carbons (Fsp3) is 0.172. The maximum absolute atomic E-state index is 12.9. The van der Waals surface area contributed by atoms with Gasteiger partial charge in [-0.2, -0.15) is 13.2 Å². The van der Waals surface area contributed by atoms with Crippen LogP contribution >= 0.6 is 0 Å². The number of anilines is 1. The number of furan rings is 1. The van der Waals surface area contributed by atoms with Crippen molar-refractivity contribution in [3.63, 3.8) is 0 Å². The minimum absolute atomic E-state index is 0.0265. The zero-order valence-electron chi connectivity index (χ0n) is 19.9. The lowest BCUT2D eigenvalue weighted by atomic mass is 10.1. The largest absolute Gasteiger partial charge is 0.461 e. The molecule has 2 amide bonds. The molecular formula is C29H23F3N2O3. The third kappa shape index (κ3) is 5.28. The van der Waals surface area contributed by atoms with E-state index in [-0.39, 0.29) is 11.5 Å². The van der Waals surface area contributed by atoms with Gasteiger partial charge < -0.3 is 14.6 Å². The van der Waals surface area contributed by atoms with Crippen LogP contribution in [0.3, 0.4) is 0 Å². The molecule has 3 aromatic carbocycles. The van der Waals surface area contributed by atoms with Gasteiger partial charge in [-0.25, -0.2) is 0 Å². The van der Waals surface area contributed by atoms with Crippen LogP contribution in [0, 0.1) is 6.92 Å². The number of fused-ring (bicyclic) bond motifs is 1. The maximum atomic E-state index is 12.9. The Hall–Kier alpha value is -4.33. The molecule has 0 unspecified atom stereocenters. The third-order valence-electron chi connectivity index (χ3n) is 6.33. The smallest absolute Gasteiger partial charge is 0.416 e. The summed E-state index contributed by atoms with van der Waals surface area (Å²) in [5.41, 5.74) is 3.19. The average Bonchev–Trinajstić information content (AvgIpc) is 3.32. The number of alkyl halides is 3. The Morgan fingerprint density at radius 3 is 2.32 bits per heavy atom. The molecule has 2 heterocycles. The molecular weight excluding hydrogens is 481 g/mol. The highest BCUT2D eigenvalue weighted by Gasteiger charge is 2.30. The number of rotatable bonds is 4. The minimum atomic E-state index is -4.46. The number of nitrogens with zero attached hydrogens (tertiary/aromatic N) is 1. The summed E-state index contributed by atoms with van der Waals surface area (Å²) in [6.45, 7) is 2.97. The van der Waals surface area contributed by atoms with Gasteiger partial charge in [0.05, 0.1) is 5.56 Å². The highest BCUT2D eigenvalue weighted by Crippen LogP contribution is 2.32. The molecule has 0 saturated heterocycles. The fourth-order valence-corrected chi connectivity index (χ4v) is 4.29. The molecule has 0 fully saturated rings. The third-order valence-corrected chi connectivity index (χ3v) is 6.33. The second-order valence-corrected chi connectivity index (χ2v) is 9.01. The van der Waals surface area contributed by atoms with Crippen LogP contribution in [-0.4, -0.2) is 23.3 Å². The van der Waals surface area contributed by atoms with Crippen LogP contribution < -0.4 is 5.32 Å². The van der Waals surface area contributed by atoms with E-state index in [1.165, 1.54) is 0 Å². The topological polar surface area (TPSA) is 62.6 Å². The number of amides is 2. The van der Waals surface area contributed by atoms with Crippen LogP contribution in [0.5, 0.6) is 0 Å². The Kier molecular flexibility index (Phi) is 6.33. The first-order valence-corrected chi connectivity index (χ1v) is 11.7. The van der Waals surface area contributed by atoms with E-state index in [4.69, 9.17) is 4.42 Å². The lowest BCUT2D eigenvalue weighted by Crippen LogP contribution is -2.35. The molecule has 0 aliphatic carbocycles. The van der Waals surface area contributed by atoms with Crippen LogP contribution in [0.4, 0.5) is 18.9 Å². The second kappa shape index (κ2) is 9.61. The molecule has 0 bridgehead atoms. The molecule has 0 spiro atoms.